The predicted molar refractivity (Wildman–Crippen MR) is 45.6 cm³/mol. The number of hydrogen-bond acceptors (Lipinski definition) is 3. The zero-order valence-electron chi connectivity index (χ0n) is 7.21. The van der Waals surface area contributed by atoms with Crippen LogP contribution in [0.1, 0.15) is 13.3 Å². The minimum Gasteiger partial charge on any atom is -0.392 e. The maximum Gasteiger partial charge on any atom is 0.0639 e. The van der Waals surface area contributed by atoms with Crippen molar-refractivity contribution < 1.29 is 5.11 Å². The van der Waals surface area contributed by atoms with Gasteiger partial charge in [-0.3, -0.25) is 4.90 Å². The Morgan fingerprint density at radius 3 is 3.00 bits per heavy atom. The molecule has 11 heavy (non-hydrogen) atoms. The van der Waals surface area contributed by atoms with E-state index in [0.717, 1.165) is 32.7 Å². The van der Waals surface area contributed by atoms with Gasteiger partial charge in [-0.05, 0) is 26.4 Å². The fourth-order valence-electron chi connectivity index (χ4n) is 1.46. The van der Waals surface area contributed by atoms with E-state index in [1.54, 1.807) is 0 Å². The molecule has 0 aromatic heterocycles. The van der Waals surface area contributed by atoms with E-state index in [0.29, 0.717) is 0 Å². The highest BCUT2D eigenvalue weighted by atomic mass is 16.3. The summed E-state index contributed by atoms with van der Waals surface area (Å²) in [6.45, 7) is 7.05. The van der Waals surface area contributed by atoms with Gasteiger partial charge in [-0.2, -0.15) is 0 Å². The molecule has 1 unspecified atom stereocenters. The molecule has 0 radical (unpaired) electrons. The number of nitrogens with one attached hydrogen (secondary N) is 1. The highest BCUT2D eigenvalue weighted by Crippen LogP contribution is 1.96. The van der Waals surface area contributed by atoms with Crippen LogP contribution in [0.25, 0.3) is 0 Å². The molecule has 0 aromatic carbocycles. The van der Waals surface area contributed by atoms with Crippen LogP contribution in [0, 0.1) is 0 Å². The molecule has 1 saturated heterocycles. The van der Waals surface area contributed by atoms with E-state index in [4.69, 9.17) is 5.11 Å². The summed E-state index contributed by atoms with van der Waals surface area (Å²) in [5.74, 6) is 0. The zero-order valence-corrected chi connectivity index (χ0v) is 7.21. The van der Waals surface area contributed by atoms with Crippen LogP contribution < -0.4 is 5.32 Å². The molecule has 0 aromatic rings. The molecule has 0 spiro atoms. The van der Waals surface area contributed by atoms with E-state index >= 15 is 0 Å². The van der Waals surface area contributed by atoms with Crippen molar-refractivity contribution in [1.29, 1.82) is 0 Å². The third-order valence-electron chi connectivity index (χ3n) is 1.96. The highest BCUT2D eigenvalue weighted by molar-refractivity contribution is 4.67. The number of aliphatic hydroxyl groups is 1. The fraction of sp³-hybridized carbons (Fsp3) is 1.00. The molecule has 0 amide bonds. The van der Waals surface area contributed by atoms with Gasteiger partial charge < -0.3 is 10.4 Å². The molecule has 1 atom stereocenters. The van der Waals surface area contributed by atoms with E-state index in [2.05, 4.69) is 10.2 Å². The Bertz CT molecular complexity index is 98.3. The Morgan fingerprint density at radius 1 is 1.45 bits per heavy atom. The first-order valence-corrected chi connectivity index (χ1v) is 4.40. The predicted octanol–water partition coefficient (Wildman–Crippen LogP) is -0.337. The highest BCUT2D eigenvalue weighted by Gasteiger charge is 2.09. The topological polar surface area (TPSA) is 35.5 Å². The molecule has 3 nitrogen and oxygen atoms in total. The van der Waals surface area contributed by atoms with Crippen LogP contribution in [0.3, 0.4) is 0 Å². The number of nitrogens with zero attached hydrogens (tertiary/aromatic N) is 1. The number of rotatable bonds is 2. The van der Waals surface area contributed by atoms with Gasteiger partial charge in [0, 0.05) is 19.6 Å². The lowest BCUT2D eigenvalue weighted by molar-refractivity contribution is 0.131. The van der Waals surface area contributed by atoms with Crippen molar-refractivity contribution in [2.45, 2.75) is 19.4 Å². The van der Waals surface area contributed by atoms with Crippen molar-refractivity contribution in [1.82, 2.24) is 10.2 Å². The average molecular weight is 158 g/mol. The van der Waals surface area contributed by atoms with Gasteiger partial charge in [0.2, 0.25) is 0 Å². The summed E-state index contributed by atoms with van der Waals surface area (Å²) in [7, 11) is 0. The summed E-state index contributed by atoms with van der Waals surface area (Å²) < 4.78 is 0. The third kappa shape index (κ3) is 3.70. The summed E-state index contributed by atoms with van der Waals surface area (Å²) in [6.07, 6.45) is 1.01. The minimum atomic E-state index is -0.187. The van der Waals surface area contributed by atoms with Crippen molar-refractivity contribution in [2.75, 3.05) is 32.7 Å². The average Bonchev–Trinajstić information content (AvgIpc) is 2.14. The monoisotopic (exact) mass is 158 g/mol. The van der Waals surface area contributed by atoms with Gasteiger partial charge in [0.25, 0.3) is 0 Å². The molecule has 2 N–H and O–H groups in total. The van der Waals surface area contributed by atoms with Crippen LogP contribution in [0.15, 0.2) is 0 Å². The van der Waals surface area contributed by atoms with E-state index in [-0.39, 0.29) is 6.10 Å². The SMILES string of the molecule is CC(O)CN1CCCNCC1. The first-order valence-electron chi connectivity index (χ1n) is 4.40. The molecular formula is C8H18N2O. The Hall–Kier alpha value is -0.120. The quantitative estimate of drug-likeness (QED) is 0.577. The van der Waals surface area contributed by atoms with Gasteiger partial charge in [-0.15, -0.1) is 0 Å². The normalized spacial score (nSPS) is 24.5. The lowest BCUT2D eigenvalue weighted by Crippen LogP contribution is -2.33. The van der Waals surface area contributed by atoms with Crippen LogP contribution in [0.5, 0.6) is 0 Å². The van der Waals surface area contributed by atoms with Crippen LogP contribution in [-0.2, 0) is 0 Å². The Labute approximate surface area is 68.4 Å². The van der Waals surface area contributed by atoms with Crippen LogP contribution in [0.2, 0.25) is 0 Å². The van der Waals surface area contributed by atoms with Crippen molar-refractivity contribution in [3.8, 4) is 0 Å². The molecule has 1 fully saturated rings. The second kappa shape index (κ2) is 4.70. The van der Waals surface area contributed by atoms with Gasteiger partial charge in [0.05, 0.1) is 6.10 Å². The van der Waals surface area contributed by atoms with Crippen LogP contribution in [0.4, 0.5) is 0 Å². The molecule has 0 aliphatic carbocycles. The fourth-order valence-corrected chi connectivity index (χ4v) is 1.46. The smallest absolute Gasteiger partial charge is 0.0639 e. The minimum absolute atomic E-state index is 0.187. The molecule has 1 heterocycles. The molecular weight excluding hydrogens is 140 g/mol. The van der Waals surface area contributed by atoms with Crippen molar-refractivity contribution in [3.05, 3.63) is 0 Å². The third-order valence-corrected chi connectivity index (χ3v) is 1.96. The summed E-state index contributed by atoms with van der Waals surface area (Å²) in [6, 6.07) is 0. The molecule has 66 valence electrons. The second-order valence-corrected chi connectivity index (χ2v) is 3.25. The molecule has 1 aliphatic rings. The summed E-state index contributed by atoms with van der Waals surface area (Å²) in [5.41, 5.74) is 0. The number of hydrogen-bond donors (Lipinski definition) is 2. The molecule has 1 aliphatic heterocycles. The van der Waals surface area contributed by atoms with Crippen molar-refractivity contribution in [3.63, 3.8) is 0 Å². The first kappa shape index (κ1) is 8.97. The van der Waals surface area contributed by atoms with Gasteiger partial charge in [-0.1, -0.05) is 0 Å². The maximum atomic E-state index is 9.13. The Balaban J connectivity index is 2.20. The molecule has 0 bridgehead atoms. The Kier molecular flexibility index (Phi) is 3.83. The van der Waals surface area contributed by atoms with Crippen LogP contribution >= 0.6 is 0 Å². The molecule has 1 rings (SSSR count). The van der Waals surface area contributed by atoms with Crippen LogP contribution in [-0.4, -0.2) is 48.8 Å². The summed E-state index contributed by atoms with van der Waals surface area (Å²) >= 11 is 0. The van der Waals surface area contributed by atoms with Gasteiger partial charge in [0.15, 0.2) is 0 Å². The lowest BCUT2D eigenvalue weighted by atomic mass is 10.3. The second-order valence-electron chi connectivity index (χ2n) is 3.25. The van der Waals surface area contributed by atoms with Crippen molar-refractivity contribution >= 4 is 0 Å². The van der Waals surface area contributed by atoms with Crippen molar-refractivity contribution in [2.24, 2.45) is 0 Å². The number of aliphatic hydroxyl groups excluding tert-OH is 1. The van der Waals surface area contributed by atoms with Gasteiger partial charge >= 0.3 is 0 Å². The lowest BCUT2D eigenvalue weighted by Gasteiger charge is -2.20. The first-order chi connectivity index (χ1) is 5.29. The summed E-state index contributed by atoms with van der Waals surface area (Å²) in [5, 5.41) is 12.5. The zero-order chi connectivity index (χ0) is 8.10. The Morgan fingerprint density at radius 2 is 2.27 bits per heavy atom. The summed E-state index contributed by atoms with van der Waals surface area (Å²) in [4.78, 5) is 2.31. The molecule has 3 heteroatoms. The van der Waals surface area contributed by atoms with E-state index < -0.39 is 0 Å². The molecule has 0 saturated carbocycles. The van der Waals surface area contributed by atoms with E-state index in [9.17, 15) is 0 Å². The maximum absolute atomic E-state index is 9.13. The van der Waals surface area contributed by atoms with E-state index in [1.807, 2.05) is 6.92 Å². The van der Waals surface area contributed by atoms with E-state index in [1.165, 1.54) is 6.42 Å². The van der Waals surface area contributed by atoms with Gasteiger partial charge in [0.1, 0.15) is 0 Å². The largest absolute Gasteiger partial charge is 0.392 e. The standard InChI is InChI=1S/C8H18N2O/c1-8(11)7-10-5-2-3-9-4-6-10/h8-9,11H,2-7H2,1H3. The van der Waals surface area contributed by atoms with Gasteiger partial charge in [-0.25, -0.2) is 0 Å². The number of β-amino-alcohol motifs (C(OH)–C–C–N with tert-alkyl or cyclic N) is 1.